The second-order valence-electron chi connectivity index (χ2n) is 5.34. The van der Waals surface area contributed by atoms with E-state index < -0.39 is 0 Å². The van der Waals surface area contributed by atoms with Crippen LogP contribution in [0.15, 0.2) is 66.9 Å². The maximum Gasteiger partial charge on any atom is 0.256 e. The lowest BCUT2D eigenvalue weighted by Gasteiger charge is -2.09. The summed E-state index contributed by atoms with van der Waals surface area (Å²) < 4.78 is 13.6. The molecule has 0 fully saturated rings. The van der Waals surface area contributed by atoms with E-state index >= 15 is 0 Å². The molecule has 0 bridgehead atoms. The van der Waals surface area contributed by atoms with Gasteiger partial charge in [0.1, 0.15) is 11.6 Å². The topological polar surface area (TPSA) is 54.0 Å². The van der Waals surface area contributed by atoms with Gasteiger partial charge in [-0.25, -0.2) is 9.37 Å². The minimum absolute atomic E-state index is 0.256. The van der Waals surface area contributed by atoms with Crippen LogP contribution in [0.5, 0.6) is 0 Å². The Morgan fingerprint density at radius 2 is 1.92 bits per heavy atom. The second kappa shape index (κ2) is 7.77. The van der Waals surface area contributed by atoms with Crippen molar-refractivity contribution in [2.24, 2.45) is 0 Å². The Balaban J connectivity index is 1.60. The molecular formula is C19H15ClFN3O. The average molecular weight is 356 g/mol. The maximum absolute atomic E-state index is 13.6. The summed E-state index contributed by atoms with van der Waals surface area (Å²) in [5.41, 5.74) is 1.75. The number of anilines is 2. The summed E-state index contributed by atoms with van der Waals surface area (Å²) in [5.74, 6) is -0.128. The highest BCUT2D eigenvalue weighted by Crippen LogP contribution is 2.15. The van der Waals surface area contributed by atoms with Gasteiger partial charge in [0.15, 0.2) is 0 Å². The van der Waals surface area contributed by atoms with Crippen LogP contribution in [0.1, 0.15) is 15.9 Å². The summed E-state index contributed by atoms with van der Waals surface area (Å²) in [5, 5.41) is 6.28. The van der Waals surface area contributed by atoms with Gasteiger partial charge in [-0.3, -0.25) is 4.79 Å². The van der Waals surface area contributed by atoms with Gasteiger partial charge in [-0.2, -0.15) is 0 Å². The number of carbonyl (C=O) groups is 1. The number of hydrogen-bond donors (Lipinski definition) is 2. The monoisotopic (exact) mass is 355 g/mol. The van der Waals surface area contributed by atoms with Gasteiger partial charge in [-0.1, -0.05) is 35.9 Å². The van der Waals surface area contributed by atoms with Crippen LogP contribution in [-0.4, -0.2) is 10.9 Å². The van der Waals surface area contributed by atoms with Gasteiger partial charge in [0.2, 0.25) is 0 Å². The third-order valence-electron chi connectivity index (χ3n) is 3.53. The fourth-order valence-corrected chi connectivity index (χ4v) is 2.42. The molecule has 1 heterocycles. The Kier molecular flexibility index (Phi) is 5.26. The van der Waals surface area contributed by atoms with Gasteiger partial charge in [-0.15, -0.1) is 0 Å². The summed E-state index contributed by atoms with van der Waals surface area (Å²) in [4.78, 5) is 16.3. The van der Waals surface area contributed by atoms with Crippen LogP contribution in [0.3, 0.4) is 0 Å². The summed E-state index contributed by atoms with van der Waals surface area (Å²) in [7, 11) is 0. The number of rotatable bonds is 5. The molecule has 0 aliphatic rings. The standard InChI is InChI=1S/C19H15ClFN3O/c20-15-6-3-5-13(10-15)19(25)24-18-9-8-16(12-23-18)22-11-14-4-1-2-7-17(14)21/h1-10,12,22H,11H2,(H,23,24,25). The van der Waals surface area contributed by atoms with Gasteiger partial charge < -0.3 is 10.6 Å². The quantitative estimate of drug-likeness (QED) is 0.695. The molecule has 0 saturated carbocycles. The third-order valence-corrected chi connectivity index (χ3v) is 3.77. The molecule has 0 atom stereocenters. The SMILES string of the molecule is O=C(Nc1ccc(NCc2ccccc2F)cn1)c1cccc(Cl)c1. The Hall–Kier alpha value is -2.92. The van der Waals surface area contributed by atoms with Crippen LogP contribution in [-0.2, 0) is 6.54 Å². The average Bonchev–Trinajstić information content (AvgIpc) is 2.62. The van der Waals surface area contributed by atoms with Crippen molar-refractivity contribution in [3.8, 4) is 0 Å². The number of pyridine rings is 1. The van der Waals surface area contributed by atoms with Crippen LogP contribution >= 0.6 is 11.6 Å². The van der Waals surface area contributed by atoms with E-state index in [0.29, 0.717) is 28.5 Å². The lowest BCUT2D eigenvalue weighted by Crippen LogP contribution is -2.13. The zero-order valence-corrected chi connectivity index (χ0v) is 13.9. The number of carbonyl (C=O) groups excluding carboxylic acids is 1. The van der Waals surface area contributed by atoms with Gasteiger partial charge in [-0.05, 0) is 36.4 Å². The minimum Gasteiger partial charge on any atom is -0.380 e. The first-order chi connectivity index (χ1) is 12.1. The van der Waals surface area contributed by atoms with Crippen LogP contribution in [0.4, 0.5) is 15.9 Å². The number of nitrogens with one attached hydrogen (secondary N) is 2. The van der Waals surface area contributed by atoms with Crippen LogP contribution in [0, 0.1) is 5.82 Å². The van der Waals surface area contributed by atoms with Crippen LogP contribution in [0.25, 0.3) is 0 Å². The van der Waals surface area contributed by atoms with E-state index in [1.807, 2.05) is 0 Å². The minimum atomic E-state index is -0.290. The Labute approximate surface area is 149 Å². The predicted octanol–water partition coefficient (Wildman–Crippen LogP) is 4.74. The number of halogens is 2. The fourth-order valence-electron chi connectivity index (χ4n) is 2.23. The van der Waals surface area contributed by atoms with Crippen molar-refractivity contribution < 1.29 is 9.18 Å². The molecule has 0 aliphatic heterocycles. The highest BCUT2D eigenvalue weighted by molar-refractivity contribution is 6.31. The van der Waals surface area contributed by atoms with Crippen molar-refractivity contribution in [3.63, 3.8) is 0 Å². The van der Waals surface area contributed by atoms with E-state index in [-0.39, 0.29) is 11.7 Å². The van der Waals surface area contributed by atoms with Crippen molar-refractivity contribution >= 4 is 29.0 Å². The molecular weight excluding hydrogens is 341 g/mol. The lowest BCUT2D eigenvalue weighted by atomic mass is 10.2. The normalized spacial score (nSPS) is 10.3. The molecule has 2 N–H and O–H groups in total. The highest BCUT2D eigenvalue weighted by Gasteiger charge is 2.07. The molecule has 1 aromatic heterocycles. The zero-order valence-electron chi connectivity index (χ0n) is 13.2. The first-order valence-electron chi connectivity index (χ1n) is 7.62. The van der Waals surface area contributed by atoms with Crippen molar-refractivity contribution in [2.75, 3.05) is 10.6 Å². The number of hydrogen-bond acceptors (Lipinski definition) is 3. The molecule has 3 rings (SSSR count). The number of aromatic nitrogens is 1. The van der Waals surface area contributed by atoms with Gasteiger partial charge in [0.25, 0.3) is 5.91 Å². The zero-order chi connectivity index (χ0) is 17.6. The van der Waals surface area contributed by atoms with Gasteiger partial charge >= 0.3 is 0 Å². The molecule has 25 heavy (non-hydrogen) atoms. The molecule has 0 unspecified atom stereocenters. The van der Waals surface area contributed by atoms with Crippen LogP contribution in [0.2, 0.25) is 5.02 Å². The summed E-state index contributed by atoms with van der Waals surface area (Å²) in [6.45, 7) is 0.350. The van der Waals surface area contributed by atoms with Crippen molar-refractivity contribution in [3.05, 3.63) is 88.8 Å². The molecule has 1 amide bonds. The van der Waals surface area contributed by atoms with E-state index in [9.17, 15) is 9.18 Å². The smallest absolute Gasteiger partial charge is 0.256 e. The van der Waals surface area contributed by atoms with Crippen LogP contribution < -0.4 is 10.6 Å². The molecule has 4 nitrogen and oxygen atoms in total. The molecule has 0 spiro atoms. The summed E-state index contributed by atoms with van der Waals surface area (Å²) in [6.07, 6.45) is 1.58. The van der Waals surface area contributed by atoms with Crippen molar-refractivity contribution in [1.29, 1.82) is 0 Å². The summed E-state index contributed by atoms with van der Waals surface area (Å²) in [6, 6.07) is 16.7. The Morgan fingerprint density at radius 1 is 1.08 bits per heavy atom. The van der Waals surface area contributed by atoms with E-state index in [1.165, 1.54) is 6.07 Å². The first-order valence-corrected chi connectivity index (χ1v) is 8.00. The van der Waals surface area contributed by atoms with Crippen molar-refractivity contribution in [2.45, 2.75) is 6.54 Å². The Morgan fingerprint density at radius 3 is 2.64 bits per heavy atom. The predicted molar refractivity (Wildman–Crippen MR) is 97.4 cm³/mol. The molecule has 0 saturated heterocycles. The molecule has 6 heteroatoms. The van der Waals surface area contributed by atoms with E-state index in [0.717, 1.165) is 5.69 Å². The summed E-state index contributed by atoms with van der Waals surface area (Å²) >= 11 is 5.88. The van der Waals surface area contributed by atoms with Crippen molar-refractivity contribution in [1.82, 2.24) is 4.98 Å². The van der Waals surface area contributed by atoms with E-state index in [4.69, 9.17) is 11.6 Å². The van der Waals surface area contributed by atoms with E-state index in [2.05, 4.69) is 15.6 Å². The van der Waals surface area contributed by atoms with Gasteiger partial charge in [0.05, 0.1) is 11.9 Å². The molecule has 0 aliphatic carbocycles. The Bertz CT molecular complexity index is 884. The largest absolute Gasteiger partial charge is 0.380 e. The molecule has 126 valence electrons. The lowest BCUT2D eigenvalue weighted by molar-refractivity contribution is 0.102. The van der Waals surface area contributed by atoms with Gasteiger partial charge in [0, 0.05) is 22.7 Å². The highest BCUT2D eigenvalue weighted by atomic mass is 35.5. The second-order valence-corrected chi connectivity index (χ2v) is 5.78. The number of nitrogens with zero attached hydrogens (tertiary/aromatic N) is 1. The third kappa shape index (κ3) is 4.55. The fraction of sp³-hybridized carbons (Fsp3) is 0.0526. The maximum atomic E-state index is 13.6. The number of benzene rings is 2. The van der Waals surface area contributed by atoms with E-state index in [1.54, 1.807) is 60.8 Å². The molecule has 0 radical (unpaired) electrons. The molecule has 3 aromatic rings. The number of amides is 1. The first kappa shape index (κ1) is 16.9. The molecule has 2 aromatic carbocycles.